The predicted molar refractivity (Wildman–Crippen MR) is 120 cm³/mol. The molecule has 4 unspecified atom stereocenters. The van der Waals surface area contributed by atoms with Gasteiger partial charge in [0, 0.05) is 36.7 Å². The maximum atomic E-state index is 13.1. The number of amides is 2. The molecule has 0 saturated heterocycles. The summed E-state index contributed by atoms with van der Waals surface area (Å²) in [4.78, 5) is 30.3. The molecule has 168 valence electrons. The molecule has 1 aromatic carbocycles. The molecule has 1 aromatic heterocycles. The molecule has 2 radical (unpaired) electrons. The van der Waals surface area contributed by atoms with E-state index in [2.05, 4.69) is 10.3 Å². The van der Waals surface area contributed by atoms with E-state index < -0.39 is 12.1 Å². The SMILES string of the molecule is COCNC(=O)C(Cc1c[nH]c2ccccc12)N(C(=O)O)C1CCC2CCCC1C2.[CH2]. The fourth-order valence-corrected chi connectivity index (χ4v) is 5.55. The Hall–Kier alpha value is -2.54. The van der Waals surface area contributed by atoms with Gasteiger partial charge in [0.1, 0.15) is 12.8 Å². The van der Waals surface area contributed by atoms with Crippen molar-refractivity contribution in [2.24, 2.45) is 11.8 Å². The number of para-hydroxylation sites is 1. The highest BCUT2D eigenvalue weighted by Crippen LogP contribution is 2.42. The summed E-state index contributed by atoms with van der Waals surface area (Å²) in [5, 5.41) is 14.0. The fourth-order valence-electron chi connectivity index (χ4n) is 5.55. The minimum atomic E-state index is -1.01. The average molecular weight is 428 g/mol. The summed E-state index contributed by atoms with van der Waals surface area (Å²) < 4.78 is 5.02. The number of aromatic nitrogens is 1. The zero-order valence-electron chi connectivity index (χ0n) is 18.2. The summed E-state index contributed by atoms with van der Waals surface area (Å²) in [6.07, 6.45) is 7.62. The summed E-state index contributed by atoms with van der Waals surface area (Å²) in [6.45, 7) is 0.0623. The van der Waals surface area contributed by atoms with Gasteiger partial charge in [0.25, 0.3) is 0 Å². The predicted octanol–water partition coefficient (Wildman–Crippen LogP) is 4.08. The largest absolute Gasteiger partial charge is 0.465 e. The first kappa shape index (κ1) is 23.1. The summed E-state index contributed by atoms with van der Waals surface area (Å²) in [5.41, 5.74) is 1.94. The van der Waals surface area contributed by atoms with E-state index in [4.69, 9.17) is 4.74 Å². The van der Waals surface area contributed by atoms with Crippen molar-refractivity contribution in [1.29, 1.82) is 0 Å². The van der Waals surface area contributed by atoms with Crippen molar-refractivity contribution in [2.75, 3.05) is 13.8 Å². The highest BCUT2D eigenvalue weighted by molar-refractivity contribution is 5.88. The van der Waals surface area contributed by atoms with Gasteiger partial charge in [-0.3, -0.25) is 9.69 Å². The Morgan fingerprint density at radius 1 is 1.26 bits per heavy atom. The molecule has 7 nitrogen and oxygen atoms in total. The van der Waals surface area contributed by atoms with Crippen LogP contribution in [0.1, 0.15) is 44.1 Å². The Balaban J connectivity index is 0.00000272. The summed E-state index contributed by atoms with van der Waals surface area (Å²) in [5.74, 6) is 0.752. The maximum absolute atomic E-state index is 13.1. The molecule has 31 heavy (non-hydrogen) atoms. The van der Waals surface area contributed by atoms with E-state index in [0.717, 1.165) is 48.6 Å². The lowest BCUT2D eigenvalue weighted by molar-refractivity contribution is -0.129. The van der Waals surface area contributed by atoms with Crippen LogP contribution in [0, 0.1) is 19.3 Å². The van der Waals surface area contributed by atoms with Crippen molar-refractivity contribution in [3.8, 4) is 0 Å². The van der Waals surface area contributed by atoms with Crippen LogP contribution < -0.4 is 5.32 Å². The number of benzene rings is 1. The van der Waals surface area contributed by atoms with Crippen LogP contribution in [0.25, 0.3) is 10.9 Å². The third-order valence-corrected chi connectivity index (χ3v) is 6.93. The number of carbonyl (C=O) groups is 2. The lowest BCUT2D eigenvalue weighted by Gasteiger charge is -2.46. The Morgan fingerprint density at radius 3 is 2.84 bits per heavy atom. The van der Waals surface area contributed by atoms with Gasteiger partial charge in [-0.05, 0) is 49.1 Å². The highest BCUT2D eigenvalue weighted by Gasteiger charge is 2.43. The van der Waals surface area contributed by atoms with Gasteiger partial charge in [0.2, 0.25) is 5.91 Å². The first-order valence-electron chi connectivity index (χ1n) is 10.9. The molecule has 2 bridgehead atoms. The Labute approximate surface area is 184 Å². The van der Waals surface area contributed by atoms with Gasteiger partial charge in [0.05, 0.1) is 0 Å². The van der Waals surface area contributed by atoms with E-state index in [1.807, 2.05) is 30.5 Å². The fraction of sp³-hybridized carbons (Fsp3) is 0.542. The smallest absolute Gasteiger partial charge is 0.408 e. The number of hydrogen-bond donors (Lipinski definition) is 3. The number of ether oxygens (including phenoxy) is 1. The van der Waals surface area contributed by atoms with Crippen LogP contribution in [-0.2, 0) is 16.0 Å². The zero-order chi connectivity index (χ0) is 21.1. The van der Waals surface area contributed by atoms with Crippen molar-refractivity contribution in [3.63, 3.8) is 0 Å². The number of carboxylic acid groups (broad SMARTS) is 1. The van der Waals surface area contributed by atoms with Crippen LogP contribution in [0.5, 0.6) is 0 Å². The quantitative estimate of drug-likeness (QED) is 0.581. The molecule has 3 N–H and O–H groups in total. The minimum absolute atomic E-state index is 0. The van der Waals surface area contributed by atoms with Crippen LogP contribution >= 0.6 is 0 Å². The number of fused-ring (bicyclic) bond motifs is 3. The Kier molecular flexibility index (Phi) is 7.59. The number of methoxy groups -OCH3 is 1. The topological polar surface area (TPSA) is 94.7 Å². The molecule has 2 aromatic rings. The lowest BCUT2D eigenvalue weighted by atomic mass is 9.69. The van der Waals surface area contributed by atoms with Crippen LogP contribution in [0.2, 0.25) is 0 Å². The Bertz CT molecular complexity index is 896. The molecule has 4 rings (SSSR count). The molecular formula is C24H33N3O4. The van der Waals surface area contributed by atoms with Gasteiger partial charge in [0.15, 0.2) is 0 Å². The minimum Gasteiger partial charge on any atom is -0.465 e. The number of aromatic amines is 1. The summed E-state index contributed by atoms with van der Waals surface area (Å²) in [7, 11) is 1.51. The first-order valence-corrected chi connectivity index (χ1v) is 10.9. The number of H-pyrrole nitrogens is 1. The molecule has 2 aliphatic rings. The monoisotopic (exact) mass is 427 g/mol. The number of nitrogens with zero attached hydrogens (tertiary/aromatic N) is 1. The molecule has 1 heterocycles. The standard InChI is InChI=1S/C23H31N3O4.CH2/c1-30-14-25-22(27)21(12-17-13-24-19-8-3-2-7-18(17)19)26(23(28)29)20-10-9-15-5-4-6-16(20)11-15;/h2-3,7-8,13,15-16,20-21,24H,4-6,9-12,14H2,1H3,(H,25,27)(H,28,29);1H2. The van der Waals surface area contributed by atoms with Crippen molar-refractivity contribution in [3.05, 3.63) is 43.5 Å². The zero-order valence-corrected chi connectivity index (χ0v) is 18.2. The second-order valence-electron chi connectivity index (χ2n) is 8.68. The van der Waals surface area contributed by atoms with Crippen molar-refractivity contribution < 1.29 is 19.4 Å². The molecule has 2 fully saturated rings. The first-order chi connectivity index (χ1) is 14.6. The molecule has 0 spiro atoms. The number of nitrogens with one attached hydrogen (secondary N) is 2. The van der Waals surface area contributed by atoms with E-state index in [0.29, 0.717) is 18.3 Å². The van der Waals surface area contributed by atoms with E-state index >= 15 is 0 Å². The molecule has 4 atom stereocenters. The van der Waals surface area contributed by atoms with Gasteiger partial charge in [-0.25, -0.2) is 4.79 Å². The van der Waals surface area contributed by atoms with Gasteiger partial charge < -0.3 is 20.1 Å². The third-order valence-electron chi connectivity index (χ3n) is 6.93. The van der Waals surface area contributed by atoms with Gasteiger partial charge >= 0.3 is 6.09 Å². The van der Waals surface area contributed by atoms with Crippen molar-refractivity contribution in [2.45, 2.75) is 57.0 Å². The normalized spacial score (nSPS) is 23.6. The van der Waals surface area contributed by atoms with E-state index in [1.165, 1.54) is 18.4 Å². The Morgan fingerprint density at radius 2 is 2.06 bits per heavy atom. The maximum Gasteiger partial charge on any atom is 0.408 e. The molecule has 2 saturated carbocycles. The van der Waals surface area contributed by atoms with Crippen molar-refractivity contribution >= 4 is 22.9 Å². The van der Waals surface area contributed by atoms with Crippen LogP contribution in [0.3, 0.4) is 0 Å². The van der Waals surface area contributed by atoms with E-state index in [-0.39, 0.29) is 26.1 Å². The molecule has 2 aliphatic carbocycles. The van der Waals surface area contributed by atoms with E-state index in [1.54, 1.807) is 0 Å². The summed E-state index contributed by atoms with van der Waals surface area (Å²) >= 11 is 0. The van der Waals surface area contributed by atoms with Gasteiger partial charge in [-0.15, -0.1) is 0 Å². The van der Waals surface area contributed by atoms with Gasteiger partial charge in [-0.2, -0.15) is 0 Å². The number of rotatable bonds is 7. The van der Waals surface area contributed by atoms with Crippen LogP contribution in [-0.4, -0.2) is 52.9 Å². The van der Waals surface area contributed by atoms with Crippen LogP contribution in [0.15, 0.2) is 30.5 Å². The van der Waals surface area contributed by atoms with Crippen LogP contribution in [0.4, 0.5) is 4.79 Å². The second kappa shape index (κ2) is 10.2. The molecule has 0 aliphatic heterocycles. The highest BCUT2D eigenvalue weighted by atomic mass is 16.5. The third kappa shape index (κ3) is 4.87. The van der Waals surface area contributed by atoms with E-state index in [9.17, 15) is 14.7 Å². The van der Waals surface area contributed by atoms with Crippen molar-refractivity contribution in [1.82, 2.24) is 15.2 Å². The number of carbonyl (C=O) groups excluding carboxylic acids is 1. The molecule has 2 amide bonds. The average Bonchev–Trinajstić information content (AvgIpc) is 3.16. The second-order valence-corrected chi connectivity index (χ2v) is 8.68. The molecule has 7 heteroatoms. The molecular weight excluding hydrogens is 394 g/mol. The summed E-state index contributed by atoms with van der Waals surface area (Å²) in [6, 6.07) is 7.00. The van der Waals surface area contributed by atoms with Gasteiger partial charge in [-0.1, -0.05) is 38.5 Å². The lowest BCUT2D eigenvalue weighted by Crippen LogP contribution is -2.58. The number of hydrogen-bond acceptors (Lipinski definition) is 3.